The normalized spacial score (nSPS) is 10.5. The van der Waals surface area contributed by atoms with E-state index in [9.17, 15) is 4.39 Å². The maximum atomic E-state index is 12.3. The Balaban J connectivity index is 2.93. The Kier molecular flexibility index (Phi) is 4.46. The average molecular weight is 281 g/mol. The molecular weight excluding hydrogens is 271 g/mol. The number of hydrogen-bond acceptors (Lipinski definition) is 2. The van der Waals surface area contributed by atoms with Crippen molar-refractivity contribution in [1.29, 1.82) is 10.5 Å². The summed E-state index contributed by atoms with van der Waals surface area (Å²) in [4.78, 5) is 0. The van der Waals surface area contributed by atoms with Gasteiger partial charge in [-0.2, -0.15) is 10.5 Å². The molecule has 0 saturated carbocycles. The van der Waals surface area contributed by atoms with Crippen molar-refractivity contribution < 1.29 is 4.39 Å². The molecule has 0 atom stereocenters. The van der Waals surface area contributed by atoms with Crippen molar-refractivity contribution >= 4 is 15.9 Å². The van der Waals surface area contributed by atoms with E-state index in [4.69, 9.17) is 10.5 Å². The minimum absolute atomic E-state index is 0.0491. The van der Waals surface area contributed by atoms with E-state index in [0.717, 1.165) is 10.0 Å². The van der Waals surface area contributed by atoms with E-state index in [1.165, 1.54) is 0 Å². The molecule has 0 aromatic heterocycles. The summed E-state index contributed by atoms with van der Waals surface area (Å²) in [6.45, 7) is -0.658. The lowest BCUT2D eigenvalue weighted by Gasteiger charge is -2.16. The Hall–Kier alpha value is -1.39. The van der Waals surface area contributed by atoms with E-state index in [-0.39, 0.29) is 12.8 Å². The number of benzene rings is 1. The number of halogens is 2. The second-order valence-corrected chi connectivity index (χ2v) is 4.47. The first-order valence-corrected chi connectivity index (χ1v) is 5.58. The Morgan fingerprint density at radius 1 is 1.31 bits per heavy atom. The molecule has 0 aliphatic heterocycles. The van der Waals surface area contributed by atoms with Gasteiger partial charge in [-0.1, -0.05) is 28.1 Å². The molecule has 1 aromatic carbocycles. The van der Waals surface area contributed by atoms with Crippen LogP contribution in [0.15, 0.2) is 28.7 Å². The van der Waals surface area contributed by atoms with Crippen LogP contribution >= 0.6 is 15.9 Å². The first-order valence-electron chi connectivity index (χ1n) is 4.79. The first kappa shape index (κ1) is 12.7. The Morgan fingerprint density at radius 2 is 2.00 bits per heavy atom. The standard InChI is InChI=1S/C12H10BrFN2/c13-11-3-1-2-10(6-11)7-12(8-15,9-16)4-5-14/h1-3,6H,4-5,7H2. The van der Waals surface area contributed by atoms with Crippen LogP contribution in [0.2, 0.25) is 0 Å². The minimum atomic E-state index is -1.25. The van der Waals surface area contributed by atoms with Crippen LogP contribution in [0.5, 0.6) is 0 Å². The van der Waals surface area contributed by atoms with Crippen LogP contribution in [0.4, 0.5) is 4.39 Å². The van der Waals surface area contributed by atoms with Gasteiger partial charge in [0.25, 0.3) is 0 Å². The summed E-state index contributed by atoms with van der Waals surface area (Å²) >= 11 is 3.31. The van der Waals surface area contributed by atoms with Gasteiger partial charge in [0.2, 0.25) is 0 Å². The van der Waals surface area contributed by atoms with Crippen molar-refractivity contribution in [3.8, 4) is 12.1 Å². The molecule has 0 radical (unpaired) electrons. The summed E-state index contributed by atoms with van der Waals surface area (Å²) < 4.78 is 13.2. The van der Waals surface area contributed by atoms with Crippen molar-refractivity contribution in [1.82, 2.24) is 0 Å². The lowest BCUT2D eigenvalue weighted by Crippen LogP contribution is -2.20. The summed E-state index contributed by atoms with van der Waals surface area (Å²) in [6.07, 6.45) is 0.204. The Bertz CT molecular complexity index is 431. The monoisotopic (exact) mass is 280 g/mol. The van der Waals surface area contributed by atoms with E-state index in [0.29, 0.717) is 0 Å². The van der Waals surface area contributed by atoms with E-state index >= 15 is 0 Å². The zero-order valence-corrected chi connectivity index (χ0v) is 10.2. The lowest BCUT2D eigenvalue weighted by atomic mass is 9.82. The van der Waals surface area contributed by atoms with Crippen LogP contribution in [-0.2, 0) is 6.42 Å². The fourth-order valence-electron chi connectivity index (χ4n) is 1.46. The van der Waals surface area contributed by atoms with E-state index in [2.05, 4.69) is 15.9 Å². The molecule has 0 unspecified atom stereocenters. The average Bonchev–Trinajstić information content (AvgIpc) is 2.28. The van der Waals surface area contributed by atoms with Gasteiger partial charge >= 0.3 is 0 Å². The van der Waals surface area contributed by atoms with E-state index in [1.54, 1.807) is 0 Å². The predicted molar refractivity (Wildman–Crippen MR) is 62.1 cm³/mol. The fourth-order valence-corrected chi connectivity index (χ4v) is 1.91. The van der Waals surface area contributed by atoms with Crippen LogP contribution in [0.1, 0.15) is 12.0 Å². The Labute approximate surface area is 102 Å². The number of hydrogen-bond donors (Lipinski definition) is 0. The number of nitrogens with zero attached hydrogens (tertiary/aromatic N) is 2. The number of nitriles is 2. The third-order valence-corrected chi connectivity index (χ3v) is 2.84. The molecule has 1 aromatic rings. The summed E-state index contributed by atoms with van der Waals surface area (Å²) in [5.74, 6) is 0. The quantitative estimate of drug-likeness (QED) is 0.849. The lowest BCUT2D eigenvalue weighted by molar-refractivity contribution is 0.374. The van der Waals surface area contributed by atoms with Crippen LogP contribution in [-0.4, -0.2) is 6.67 Å². The molecule has 0 spiro atoms. The molecule has 0 aliphatic rings. The number of alkyl halides is 1. The van der Waals surface area contributed by atoms with Crippen molar-refractivity contribution in [2.75, 3.05) is 6.67 Å². The summed E-state index contributed by atoms with van der Waals surface area (Å²) in [6, 6.07) is 11.2. The highest BCUT2D eigenvalue weighted by atomic mass is 79.9. The number of rotatable bonds is 4. The zero-order valence-electron chi connectivity index (χ0n) is 8.58. The second-order valence-electron chi connectivity index (χ2n) is 3.55. The van der Waals surface area contributed by atoms with E-state index in [1.807, 2.05) is 36.4 Å². The van der Waals surface area contributed by atoms with Gasteiger partial charge in [0.05, 0.1) is 18.8 Å². The molecule has 0 heterocycles. The SMILES string of the molecule is N#CC(C#N)(CCF)Cc1cccc(Br)c1. The van der Waals surface area contributed by atoms with Gasteiger partial charge in [-0.3, -0.25) is 4.39 Å². The van der Waals surface area contributed by atoms with Gasteiger partial charge in [0, 0.05) is 17.3 Å². The highest BCUT2D eigenvalue weighted by Gasteiger charge is 2.30. The molecule has 16 heavy (non-hydrogen) atoms. The fraction of sp³-hybridized carbons (Fsp3) is 0.333. The van der Waals surface area contributed by atoms with Crippen LogP contribution in [0.3, 0.4) is 0 Å². The topological polar surface area (TPSA) is 47.6 Å². The zero-order chi connectivity index (χ0) is 12.0. The van der Waals surface area contributed by atoms with Crippen molar-refractivity contribution in [3.63, 3.8) is 0 Å². The molecule has 0 saturated heterocycles. The second kappa shape index (κ2) is 5.63. The largest absolute Gasteiger partial charge is 0.251 e. The summed E-state index contributed by atoms with van der Waals surface area (Å²) in [7, 11) is 0. The minimum Gasteiger partial charge on any atom is -0.251 e. The molecular formula is C12H10BrFN2. The third-order valence-electron chi connectivity index (χ3n) is 2.34. The smallest absolute Gasteiger partial charge is 0.150 e. The molecule has 0 bridgehead atoms. The van der Waals surface area contributed by atoms with Crippen LogP contribution < -0.4 is 0 Å². The predicted octanol–water partition coefficient (Wildman–Crippen LogP) is 3.38. The van der Waals surface area contributed by atoms with Gasteiger partial charge in [0.1, 0.15) is 5.41 Å². The first-order chi connectivity index (χ1) is 7.65. The van der Waals surface area contributed by atoms with Crippen molar-refractivity contribution in [3.05, 3.63) is 34.3 Å². The van der Waals surface area contributed by atoms with Crippen LogP contribution in [0, 0.1) is 28.1 Å². The highest BCUT2D eigenvalue weighted by molar-refractivity contribution is 9.10. The Morgan fingerprint density at radius 3 is 2.50 bits per heavy atom. The maximum Gasteiger partial charge on any atom is 0.150 e. The van der Waals surface area contributed by atoms with Gasteiger partial charge < -0.3 is 0 Å². The molecule has 1 rings (SSSR count). The van der Waals surface area contributed by atoms with Gasteiger partial charge in [-0.15, -0.1) is 0 Å². The molecule has 0 N–H and O–H groups in total. The summed E-state index contributed by atoms with van der Waals surface area (Å²) in [5.41, 5.74) is -0.402. The molecule has 2 nitrogen and oxygen atoms in total. The summed E-state index contributed by atoms with van der Waals surface area (Å²) in [5, 5.41) is 18.0. The molecule has 0 amide bonds. The highest BCUT2D eigenvalue weighted by Crippen LogP contribution is 2.27. The molecule has 4 heteroatoms. The van der Waals surface area contributed by atoms with Gasteiger partial charge in [-0.25, -0.2) is 0 Å². The molecule has 0 aliphatic carbocycles. The van der Waals surface area contributed by atoms with Crippen LogP contribution in [0.25, 0.3) is 0 Å². The molecule has 82 valence electrons. The van der Waals surface area contributed by atoms with Gasteiger partial charge in [-0.05, 0) is 17.7 Å². The van der Waals surface area contributed by atoms with Crippen molar-refractivity contribution in [2.24, 2.45) is 5.41 Å². The van der Waals surface area contributed by atoms with E-state index < -0.39 is 12.1 Å². The van der Waals surface area contributed by atoms with Crippen molar-refractivity contribution in [2.45, 2.75) is 12.8 Å². The van der Waals surface area contributed by atoms with Gasteiger partial charge in [0.15, 0.2) is 0 Å². The third kappa shape index (κ3) is 3.05. The molecule has 0 fully saturated rings. The maximum absolute atomic E-state index is 12.3.